The van der Waals surface area contributed by atoms with Gasteiger partial charge in [0.1, 0.15) is 17.1 Å². The van der Waals surface area contributed by atoms with Gasteiger partial charge < -0.3 is 14.8 Å². The summed E-state index contributed by atoms with van der Waals surface area (Å²) in [5.74, 6) is 0.648. The third-order valence-electron chi connectivity index (χ3n) is 6.82. The monoisotopic (exact) mass is 516 g/mol. The number of ether oxygens (including phenoxy) is 2. The molecule has 1 aliphatic carbocycles. The van der Waals surface area contributed by atoms with Gasteiger partial charge in [0.05, 0.1) is 13.7 Å². The second kappa shape index (κ2) is 11.7. The number of nitrogens with zero attached hydrogens (tertiary/aromatic N) is 1. The van der Waals surface area contributed by atoms with Crippen molar-refractivity contribution < 1.29 is 19.1 Å². The van der Waals surface area contributed by atoms with E-state index in [0.29, 0.717) is 53.6 Å². The number of carbonyl (C=O) groups excluding carboxylic acids is 2. The topological polar surface area (TPSA) is 86.6 Å². The summed E-state index contributed by atoms with van der Waals surface area (Å²) in [6, 6.07) is 15.6. The maximum atomic E-state index is 13.8. The summed E-state index contributed by atoms with van der Waals surface area (Å²) in [6.07, 6.45) is 5.30. The number of aromatic nitrogens is 1. The van der Waals surface area contributed by atoms with Crippen LogP contribution in [0.5, 0.6) is 11.5 Å². The first-order valence-electron chi connectivity index (χ1n) is 13.2. The van der Waals surface area contributed by atoms with Crippen molar-refractivity contribution >= 4 is 17.4 Å². The first-order chi connectivity index (χ1) is 18.2. The minimum absolute atomic E-state index is 0.0777. The standard InChI is InChI=1S/C31H36N2O5/c1-5-6-7-8-16-38-24-11-9-10-21(17-24)32-29(35)26-18-25-27(19-31(2,3)20-28(25)34)33(30(26)36)22-12-14-23(37-4)15-13-22/h9-15,17-18H,5-8,16,19-20H2,1-4H3,(H,32,35). The molecule has 1 heterocycles. The summed E-state index contributed by atoms with van der Waals surface area (Å²) in [5.41, 5.74) is 1.27. The molecule has 2 aromatic carbocycles. The molecule has 7 heteroatoms. The minimum Gasteiger partial charge on any atom is -0.497 e. The summed E-state index contributed by atoms with van der Waals surface area (Å²) in [4.78, 5) is 40.3. The van der Waals surface area contributed by atoms with Crippen LogP contribution in [-0.2, 0) is 6.42 Å². The smallest absolute Gasteiger partial charge is 0.268 e. The van der Waals surface area contributed by atoms with Crippen LogP contribution in [0.2, 0.25) is 0 Å². The third kappa shape index (κ3) is 6.15. The lowest BCUT2D eigenvalue weighted by Gasteiger charge is -2.32. The van der Waals surface area contributed by atoms with E-state index in [1.807, 2.05) is 19.9 Å². The molecule has 0 saturated heterocycles. The SMILES string of the molecule is CCCCCCOc1cccc(NC(=O)c2cc3c(n(-c4ccc(OC)cc4)c2=O)CC(C)(C)CC3=O)c1. The Bertz CT molecular complexity index is 1370. The first kappa shape index (κ1) is 27.2. The molecule has 38 heavy (non-hydrogen) atoms. The number of ketones is 1. The number of methoxy groups -OCH3 is 1. The van der Waals surface area contributed by atoms with E-state index in [4.69, 9.17) is 9.47 Å². The van der Waals surface area contributed by atoms with Crippen LogP contribution in [0, 0.1) is 5.41 Å². The fraction of sp³-hybridized carbons (Fsp3) is 0.387. The van der Waals surface area contributed by atoms with Gasteiger partial charge in [-0.05, 0) is 60.7 Å². The average Bonchev–Trinajstić information content (AvgIpc) is 2.88. The molecule has 0 unspecified atom stereocenters. The number of anilines is 1. The number of nitrogens with one attached hydrogen (secondary N) is 1. The van der Waals surface area contributed by atoms with Crippen LogP contribution >= 0.6 is 0 Å². The van der Waals surface area contributed by atoms with E-state index in [9.17, 15) is 14.4 Å². The molecule has 0 aliphatic heterocycles. The van der Waals surface area contributed by atoms with Crippen molar-refractivity contribution in [1.82, 2.24) is 4.57 Å². The van der Waals surface area contributed by atoms with E-state index in [-0.39, 0.29) is 16.8 Å². The summed E-state index contributed by atoms with van der Waals surface area (Å²) >= 11 is 0. The van der Waals surface area contributed by atoms with Gasteiger partial charge in [0.15, 0.2) is 5.78 Å². The van der Waals surface area contributed by atoms with Gasteiger partial charge in [-0.15, -0.1) is 0 Å². The van der Waals surface area contributed by atoms with Crippen LogP contribution in [0.1, 0.15) is 79.3 Å². The molecule has 0 radical (unpaired) electrons. The average molecular weight is 517 g/mol. The molecule has 1 aliphatic rings. The Balaban J connectivity index is 1.67. The van der Waals surface area contributed by atoms with Crippen LogP contribution < -0.4 is 20.3 Å². The highest BCUT2D eigenvalue weighted by molar-refractivity contribution is 6.07. The van der Waals surface area contributed by atoms with Crippen LogP contribution in [0.3, 0.4) is 0 Å². The van der Waals surface area contributed by atoms with E-state index >= 15 is 0 Å². The molecule has 4 rings (SSSR count). The lowest BCUT2D eigenvalue weighted by atomic mass is 9.75. The van der Waals surface area contributed by atoms with E-state index in [0.717, 1.165) is 19.3 Å². The van der Waals surface area contributed by atoms with Gasteiger partial charge in [0, 0.05) is 35.1 Å². The number of Topliss-reactive ketones (excluding diaryl/α,β-unsaturated/α-hetero) is 1. The van der Waals surface area contributed by atoms with E-state index in [1.54, 1.807) is 49.6 Å². The number of unbranched alkanes of at least 4 members (excludes halogenated alkanes) is 3. The molecule has 200 valence electrons. The molecule has 0 spiro atoms. The zero-order chi connectivity index (χ0) is 27.3. The van der Waals surface area contributed by atoms with Crippen LogP contribution in [-0.4, -0.2) is 30.0 Å². The van der Waals surface area contributed by atoms with Gasteiger partial charge in [-0.25, -0.2) is 0 Å². The summed E-state index contributed by atoms with van der Waals surface area (Å²) < 4.78 is 12.6. The van der Waals surface area contributed by atoms with Gasteiger partial charge in [0.25, 0.3) is 11.5 Å². The Morgan fingerprint density at radius 1 is 0.974 bits per heavy atom. The molecule has 0 saturated carbocycles. The lowest BCUT2D eigenvalue weighted by molar-refractivity contribution is 0.0908. The molecule has 0 bridgehead atoms. The maximum Gasteiger partial charge on any atom is 0.268 e. The highest BCUT2D eigenvalue weighted by atomic mass is 16.5. The van der Waals surface area contributed by atoms with E-state index in [2.05, 4.69) is 12.2 Å². The second-order valence-corrected chi connectivity index (χ2v) is 10.6. The number of benzene rings is 2. The third-order valence-corrected chi connectivity index (χ3v) is 6.82. The van der Waals surface area contributed by atoms with Crippen molar-refractivity contribution in [2.75, 3.05) is 19.0 Å². The predicted octanol–water partition coefficient (Wildman–Crippen LogP) is 6.21. The van der Waals surface area contributed by atoms with E-state index in [1.165, 1.54) is 17.1 Å². The van der Waals surface area contributed by atoms with Crippen molar-refractivity contribution in [1.29, 1.82) is 0 Å². The quantitative estimate of drug-likeness (QED) is 0.324. The summed E-state index contributed by atoms with van der Waals surface area (Å²) in [5, 5.41) is 2.82. The minimum atomic E-state index is -0.571. The number of fused-ring (bicyclic) bond motifs is 1. The number of hydrogen-bond acceptors (Lipinski definition) is 5. The molecule has 7 nitrogen and oxygen atoms in total. The van der Waals surface area contributed by atoms with Crippen LogP contribution in [0.4, 0.5) is 5.69 Å². The molecule has 1 N–H and O–H groups in total. The summed E-state index contributed by atoms with van der Waals surface area (Å²) in [6.45, 7) is 6.79. The number of pyridine rings is 1. The van der Waals surface area contributed by atoms with Crippen molar-refractivity contribution in [2.45, 2.75) is 59.3 Å². The molecule has 3 aromatic rings. The first-order valence-corrected chi connectivity index (χ1v) is 13.2. The Morgan fingerprint density at radius 2 is 1.74 bits per heavy atom. The number of hydrogen-bond donors (Lipinski definition) is 1. The maximum absolute atomic E-state index is 13.8. The lowest BCUT2D eigenvalue weighted by Crippen LogP contribution is -2.37. The number of rotatable bonds is 10. The number of carbonyl (C=O) groups is 2. The highest BCUT2D eigenvalue weighted by Crippen LogP contribution is 2.35. The zero-order valence-electron chi connectivity index (χ0n) is 22.6. The van der Waals surface area contributed by atoms with Crippen molar-refractivity contribution in [3.05, 3.63) is 81.8 Å². The van der Waals surface area contributed by atoms with Gasteiger partial charge >= 0.3 is 0 Å². The Hall–Kier alpha value is -3.87. The Labute approximate surface area is 223 Å². The van der Waals surface area contributed by atoms with Gasteiger partial charge in [-0.3, -0.25) is 19.0 Å². The fourth-order valence-electron chi connectivity index (χ4n) is 4.86. The normalized spacial score (nSPS) is 14.1. The second-order valence-electron chi connectivity index (χ2n) is 10.6. The largest absolute Gasteiger partial charge is 0.497 e. The molecular weight excluding hydrogens is 480 g/mol. The van der Waals surface area contributed by atoms with Crippen LogP contribution in [0.25, 0.3) is 5.69 Å². The van der Waals surface area contributed by atoms with Gasteiger partial charge in [-0.1, -0.05) is 46.1 Å². The molecule has 0 atom stereocenters. The zero-order valence-corrected chi connectivity index (χ0v) is 22.6. The van der Waals surface area contributed by atoms with Crippen molar-refractivity contribution in [2.24, 2.45) is 5.41 Å². The molecule has 1 amide bonds. The number of amides is 1. The van der Waals surface area contributed by atoms with Crippen molar-refractivity contribution in [3.63, 3.8) is 0 Å². The predicted molar refractivity (Wildman–Crippen MR) is 149 cm³/mol. The van der Waals surface area contributed by atoms with E-state index < -0.39 is 11.5 Å². The van der Waals surface area contributed by atoms with Crippen molar-refractivity contribution in [3.8, 4) is 17.2 Å². The molecule has 1 aromatic heterocycles. The molecule has 0 fully saturated rings. The molecular formula is C31H36N2O5. The van der Waals surface area contributed by atoms with Gasteiger partial charge in [0.2, 0.25) is 0 Å². The van der Waals surface area contributed by atoms with Crippen LogP contribution in [0.15, 0.2) is 59.4 Å². The Morgan fingerprint density at radius 3 is 2.45 bits per heavy atom. The Kier molecular flexibility index (Phi) is 8.35. The van der Waals surface area contributed by atoms with Gasteiger partial charge in [-0.2, -0.15) is 0 Å². The highest BCUT2D eigenvalue weighted by Gasteiger charge is 2.35. The fourth-order valence-corrected chi connectivity index (χ4v) is 4.86. The summed E-state index contributed by atoms with van der Waals surface area (Å²) in [7, 11) is 1.57.